The lowest BCUT2D eigenvalue weighted by Gasteiger charge is -2.61. The van der Waals surface area contributed by atoms with Crippen molar-refractivity contribution < 1.29 is 4.79 Å². The first kappa shape index (κ1) is 23.3. The van der Waals surface area contributed by atoms with E-state index in [1.165, 1.54) is 57.8 Å². The van der Waals surface area contributed by atoms with Crippen LogP contribution in [0.25, 0.3) is 0 Å². The molecule has 4 saturated carbocycles. The topological polar surface area (TPSA) is 32.3 Å². The van der Waals surface area contributed by atoms with Crippen molar-refractivity contribution in [1.82, 2.24) is 10.2 Å². The minimum Gasteiger partial charge on any atom is -0.350 e. The van der Waals surface area contributed by atoms with Crippen LogP contribution in [0.4, 0.5) is 0 Å². The van der Waals surface area contributed by atoms with Crippen molar-refractivity contribution in [2.24, 2.45) is 40.4 Å². The van der Waals surface area contributed by atoms with Gasteiger partial charge in [0.15, 0.2) is 0 Å². The highest BCUT2D eigenvalue weighted by Crippen LogP contribution is 2.67. The molecule has 0 aliphatic heterocycles. The monoisotopic (exact) mass is 428 g/mol. The Morgan fingerprint density at radius 1 is 1.00 bits per heavy atom. The molecule has 3 nitrogen and oxygen atoms in total. The molecule has 1 N–H and O–H groups in total. The van der Waals surface area contributed by atoms with Crippen molar-refractivity contribution in [3.63, 3.8) is 0 Å². The number of fused-ring (bicyclic) bond motifs is 5. The van der Waals surface area contributed by atoms with Crippen LogP contribution < -0.4 is 5.32 Å². The number of nitrogens with zero attached hydrogens (tertiary/aromatic N) is 1. The molecule has 4 rings (SSSR count). The van der Waals surface area contributed by atoms with Gasteiger partial charge in [-0.1, -0.05) is 19.9 Å². The molecule has 3 heteroatoms. The molecule has 4 aliphatic rings. The minimum absolute atomic E-state index is 0.144. The summed E-state index contributed by atoms with van der Waals surface area (Å²) in [5.41, 5.74) is 1.89. The summed E-state index contributed by atoms with van der Waals surface area (Å²) in [4.78, 5) is 14.9. The normalized spacial score (nSPS) is 46.1. The Morgan fingerprint density at radius 3 is 2.35 bits per heavy atom. The average molecular weight is 429 g/mol. The maximum absolute atomic E-state index is 12.4. The Morgan fingerprint density at radius 2 is 1.68 bits per heavy atom. The largest absolute Gasteiger partial charge is 0.350 e. The second kappa shape index (κ2) is 8.50. The number of carbonyl (C=O) groups is 1. The molecular formula is C28H48N2O. The summed E-state index contributed by atoms with van der Waals surface area (Å²) >= 11 is 0. The number of rotatable bonds is 4. The van der Waals surface area contributed by atoms with E-state index in [1.54, 1.807) is 0 Å². The second-order valence-electron chi connectivity index (χ2n) is 12.5. The van der Waals surface area contributed by atoms with E-state index >= 15 is 0 Å². The Hall–Kier alpha value is -0.830. The molecule has 4 aliphatic carbocycles. The highest BCUT2D eigenvalue weighted by atomic mass is 16.1. The lowest BCUT2D eigenvalue weighted by atomic mass is 9.44. The predicted molar refractivity (Wildman–Crippen MR) is 130 cm³/mol. The van der Waals surface area contributed by atoms with Crippen LogP contribution >= 0.6 is 0 Å². The highest BCUT2D eigenvalue weighted by Gasteiger charge is 2.60. The second-order valence-corrected chi connectivity index (χ2v) is 12.5. The summed E-state index contributed by atoms with van der Waals surface area (Å²) in [5, 5.41) is 3.35. The minimum atomic E-state index is 0.144. The fourth-order valence-electron chi connectivity index (χ4n) is 9.01. The third-order valence-electron chi connectivity index (χ3n) is 11.3. The van der Waals surface area contributed by atoms with E-state index in [9.17, 15) is 4.79 Å². The molecular weight excluding hydrogens is 380 g/mol. The van der Waals surface area contributed by atoms with Crippen molar-refractivity contribution in [2.75, 3.05) is 14.1 Å². The fourth-order valence-corrected chi connectivity index (χ4v) is 9.01. The van der Waals surface area contributed by atoms with Gasteiger partial charge in [0, 0.05) is 17.7 Å². The van der Waals surface area contributed by atoms with E-state index in [0.717, 1.165) is 35.2 Å². The number of hydrogen-bond acceptors (Lipinski definition) is 2. The van der Waals surface area contributed by atoms with E-state index in [4.69, 9.17) is 0 Å². The molecule has 0 aromatic carbocycles. The summed E-state index contributed by atoms with van der Waals surface area (Å²) in [7, 11) is 4.54. The SMILES string of the molecule is C/C=C(/C)C(=O)NC1CCC2(C)C3CCC4(C)C(CCC4[C@H](C)N(C)C)C3CC[C@H]2C1. The smallest absolute Gasteiger partial charge is 0.246 e. The summed E-state index contributed by atoms with van der Waals surface area (Å²) < 4.78 is 0. The molecule has 1 amide bonds. The molecule has 0 bridgehead atoms. The van der Waals surface area contributed by atoms with Crippen LogP contribution in [0.3, 0.4) is 0 Å². The summed E-state index contributed by atoms with van der Waals surface area (Å²) in [6, 6.07) is 1.07. The van der Waals surface area contributed by atoms with Gasteiger partial charge < -0.3 is 10.2 Å². The molecule has 0 aromatic heterocycles. The predicted octanol–water partition coefficient (Wildman–Crippen LogP) is 6.05. The average Bonchev–Trinajstić information content (AvgIpc) is 3.09. The Labute approximate surface area is 191 Å². The van der Waals surface area contributed by atoms with Crippen LogP contribution in [0, 0.1) is 40.4 Å². The molecule has 0 radical (unpaired) electrons. The van der Waals surface area contributed by atoms with Gasteiger partial charge in [-0.15, -0.1) is 0 Å². The number of carbonyl (C=O) groups excluding carboxylic acids is 1. The molecule has 0 spiro atoms. The van der Waals surface area contributed by atoms with Crippen molar-refractivity contribution in [1.29, 1.82) is 0 Å². The molecule has 4 fully saturated rings. The zero-order valence-corrected chi connectivity index (χ0v) is 21.3. The van der Waals surface area contributed by atoms with Crippen molar-refractivity contribution >= 4 is 5.91 Å². The lowest BCUT2D eigenvalue weighted by molar-refractivity contribution is -0.125. The van der Waals surface area contributed by atoms with E-state index in [-0.39, 0.29) is 5.91 Å². The van der Waals surface area contributed by atoms with Crippen LogP contribution in [-0.4, -0.2) is 37.0 Å². The van der Waals surface area contributed by atoms with E-state index in [1.807, 2.05) is 19.9 Å². The molecule has 176 valence electrons. The fraction of sp³-hybridized carbons (Fsp3) is 0.893. The van der Waals surface area contributed by atoms with Gasteiger partial charge in [-0.25, -0.2) is 0 Å². The molecule has 0 heterocycles. The highest BCUT2D eigenvalue weighted by molar-refractivity contribution is 5.92. The van der Waals surface area contributed by atoms with Gasteiger partial charge in [0.2, 0.25) is 5.91 Å². The number of amides is 1. The first-order valence-electron chi connectivity index (χ1n) is 13.2. The van der Waals surface area contributed by atoms with Crippen molar-refractivity contribution in [3.05, 3.63) is 11.6 Å². The summed E-state index contributed by atoms with van der Waals surface area (Å²) in [6.45, 7) is 11.7. The standard InChI is InChI=1S/C28H48N2O/c1-8-18(2)26(31)29-21-13-15-27(4)20(17-21)9-10-22-24-12-11-23(19(3)30(6)7)28(24,5)16-14-25(22)27/h8,19-25H,9-17H2,1-7H3,(H,29,31)/b18-8-/t19-,20-,21?,22?,23?,24?,25?,27?,28?/m0/s1. The van der Waals surface area contributed by atoms with E-state index in [2.05, 4.69) is 45.1 Å². The maximum Gasteiger partial charge on any atom is 0.246 e. The first-order valence-corrected chi connectivity index (χ1v) is 13.2. The van der Waals surface area contributed by atoms with Gasteiger partial charge in [0.1, 0.15) is 0 Å². The van der Waals surface area contributed by atoms with Gasteiger partial charge in [0.05, 0.1) is 0 Å². The lowest BCUT2D eigenvalue weighted by Crippen LogP contribution is -2.56. The first-order chi connectivity index (χ1) is 14.6. The Balaban J connectivity index is 1.47. The van der Waals surface area contributed by atoms with Crippen molar-refractivity contribution in [3.8, 4) is 0 Å². The third kappa shape index (κ3) is 3.81. The maximum atomic E-state index is 12.4. The summed E-state index contributed by atoms with van der Waals surface area (Å²) in [6.07, 6.45) is 14.2. The van der Waals surface area contributed by atoms with Crippen LogP contribution in [0.15, 0.2) is 11.6 Å². The Kier molecular flexibility index (Phi) is 6.40. The van der Waals surface area contributed by atoms with Gasteiger partial charge in [0.25, 0.3) is 0 Å². The zero-order valence-electron chi connectivity index (χ0n) is 21.3. The van der Waals surface area contributed by atoms with E-state index < -0.39 is 0 Å². The van der Waals surface area contributed by atoms with Crippen LogP contribution in [0.5, 0.6) is 0 Å². The quantitative estimate of drug-likeness (QED) is 0.553. The zero-order chi connectivity index (χ0) is 22.6. The molecule has 0 aromatic rings. The van der Waals surface area contributed by atoms with Crippen molar-refractivity contribution in [2.45, 2.75) is 104 Å². The number of nitrogens with one attached hydrogen (secondary N) is 1. The number of allylic oxidation sites excluding steroid dienone is 1. The molecule has 7 unspecified atom stereocenters. The van der Waals surface area contributed by atoms with Crippen LogP contribution in [0.1, 0.15) is 92.4 Å². The molecule has 31 heavy (non-hydrogen) atoms. The Bertz CT molecular complexity index is 714. The third-order valence-corrected chi connectivity index (χ3v) is 11.3. The van der Waals surface area contributed by atoms with Crippen LogP contribution in [-0.2, 0) is 4.79 Å². The number of hydrogen-bond donors (Lipinski definition) is 1. The van der Waals surface area contributed by atoms with E-state index in [0.29, 0.717) is 22.9 Å². The van der Waals surface area contributed by atoms with Gasteiger partial charge in [-0.2, -0.15) is 0 Å². The molecule has 0 saturated heterocycles. The van der Waals surface area contributed by atoms with Gasteiger partial charge in [-0.05, 0) is 133 Å². The van der Waals surface area contributed by atoms with Gasteiger partial charge in [-0.3, -0.25) is 4.79 Å². The molecule has 9 atom stereocenters. The van der Waals surface area contributed by atoms with Crippen LogP contribution in [0.2, 0.25) is 0 Å². The van der Waals surface area contributed by atoms with Gasteiger partial charge >= 0.3 is 0 Å². The summed E-state index contributed by atoms with van der Waals surface area (Å²) in [5.74, 6) is 4.58.